The number of hydrogen-bond acceptors (Lipinski definition) is 8. The number of methoxy groups -OCH3 is 1. The van der Waals surface area contributed by atoms with Crippen LogP contribution in [-0.4, -0.2) is 62.2 Å². The number of nitrogens with one attached hydrogen (secondary N) is 1. The van der Waals surface area contributed by atoms with Gasteiger partial charge in [0, 0.05) is 34.9 Å². The molecule has 2 saturated heterocycles. The van der Waals surface area contributed by atoms with E-state index in [9.17, 15) is 9.50 Å². The molecule has 2 aliphatic heterocycles. The molecule has 2 N–H and O–H groups in total. The summed E-state index contributed by atoms with van der Waals surface area (Å²) in [6.07, 6.45) is 7.58. The fourth-order valence-electron chi connectivity index (χ4n) is 5.91. The number of benzene rings is 1. The lowest BCUT2D eigenvalue weighted by atomic mass is 9.73. The van der Waals surface area contributed by atoms with Gasteiger partial charge in [-0.25, -0.2) is 14.4 Å². The monoisotopic (exact) mass is 508 g/mol. The molecule has 0 radical (unpaired) electrons. The van der Waals surface area contributed by atoms with E-state index in [2.05, 4.69) is 30.4 Å². The number of pyridine rings is 1. The van der Waals surface area contributed by atoms with Crippen LogP contribution in [0.5, 0.6) is 11.5 Å². The Morgan fingerprint density at radius 2 is 1.95 bits per heavy atom. The Labute approximate surface area is 214 Å². The Morgan fingerprint density at radius 1 is 1.11 bits per heavy atom. The van der Waals surface area contributed by atoms with Crippen LogP contribution in [0.2, 0.25) is 0 Å². The van der Waals surface area contributed by atoms with Crippen molar-refractivity contribution in [2.24, 2.45) is 0 Å². The Morgan fingerprint density at radius 3 is 2.65 bits per heavy atom. The number of hydrogen-bond donors (Lipinski definition) is 2. The summed E-state index contributed by atoms with van der Waals surface area (Å²) in [5.41, 5.74) is 1.58. The van der Waals surface area contributed by atoms with Crippen molar-refractivity contribution >= 4 is 5.95 Å². The Hall–Kier alpha value is -3.40. The average Bonchev–Trinajstić information content (AvgIpc) is 3.73. The van der Waals surface area contributed by atoms with Gasteiger partial charge in [0.25, 0.3) is 5.95 Å². The summed E-state index contributed by atoms with van der Waals surface area (Å²) in [6, 6.07) is 6.80. The number of aromatic nitrogens is 4. The van der Waals surface area contributed by atoms with Crippen LogP contribution in [0.4, 0.5) is 14.7 Å². The van der Waals surface area contributed by atoms with Gasteiger partial charge in [-0.15, -0.1) is 10.2 Å². The van der Waals surface area contributed by atoms with Gasteiger partial charge in [-0.1, -0.05) is 6.07 Å². The topological polar surface area (TPSA) is 96.3 Å². The summed E-state index contributed by atoms with van der Waals surface area (Å²) in [4.78, 5) is 10.3. The number of phenolic OH excluding ortho intramolecular Hbond substituents is 1. The molecule has 3 fully saturated rings. The van der Waals surface area contributed by atoms with Gasteiger partial charge in [0.15, 0.2) is 5.75 Å². The van der Waals surface area contributed by atoms with Crippen LogP contribution in [0.25, 0.3) is 22.4 Å². The highest BCUT2D eigenvalue weighted by molar-refractivity contribution is 5.74. The van der Waals surface area contributed by atoms with Crippen LogP contribution in [0, 0.1) is 5.95 Å². The van der Waals surface area contributed by atoms with Crippen LogP contribution >= 0.6 is 0 Å². The third-order valence-corrected chi connectivity index (χ3v) is 7.97. The summed E-state index contributed by atoms with van der Waals surface area (Å²) >= 11 is 0. The highest BCUT2D eigenvalue weighted by Crippen LogP contribution is 2.42. The van der Waals surface area contributed by atoms with E-state index in [1.165, 1.54) is 19.4 Å². The van der Waals surface area contributed by atoms with Crippen LogP contribution in [0.15, 0.2) is 36.7 Å². The van der Waals surface area contributed by atoms with E-state index < -0.39 is 17.7 Å². The normalized spacial score (nSPS) is 27.1. The molecule has 0 amide bonds. The van der Waals surface area contributed by atoms with Gasteiger partial charge in [-0.3, -0.25) is 0 Å². The van der Waals surface area contributed by atoms with Gasteiger partial charge in [-0.05, 0) is 69.2 Å². The number of aromatic hydroxyl groups is 1. The molecule has 3 aromatic rings. The quantitative estimate of drug-likeness (QED) is 0.472. The van der Waals surface area contributed by atoms with Crippen molar-refractivity contribution in [1.82, 2.24) is 25.5 Å². The first-order valence-corrected chi connectivity index (χ1v) is 12.8. The van der Waals surface area contributed by atoms with E-state index in [4.69, 9.17) is 4.74 Å². The third kappa shape index (κ3) is 4.37. The Kier molecular flexibility index (Phi) is 5.94. The van der Waals surface area contributed by atoms with E-state index in [-0.39, 0.29) is 23.6 Å². The zero-order valence-electron chi connectivity index (χ0n) is 20.9. The lowest BCUT2D eigenvalue weighted by Crippen LogP contribution is -2.69. The lowest BCUT2D eigenvalue weighted by Gasteiger charge is -2.52. The molecular formula is C27H30F2N6O2. The molecule has 37 heavy (non-hydrogen) atoms. The summed E-state index contributed by atoms with van der Waals surface area (Å²) in [5.74, 6) is -0.266. The lowest BCUT2D eigenvalue weighted by molar-refractivity contribution is 0.0383. The van der Waals surface area contributed by atoms with Crippen molar-refractivity contribution < 1.29 is 18.6 Å². The van der Waals surface area contributed by atoms with Crippen molar-refractivity contribution in [2.45, 2.75) is 75.3 Å². The molecule has 1 aliphatic carbocycles. The minimum atomic E-state index is -1.02. The zero-order chi connectivity index (χ0) is 25.7. The summed E-state index contributed by atoms with van der Waals surface area (Å²) < 4.78 is 34.5. The number of phenols is 1. The van der Waals surface area contributed by atoms with Gasteiger partial charge < -0.3 is 20.1 Å². The minimum Gasteiger partial charge on any atom is -0.507 e. The molecule has 10 heteroatoms. The summed E-state index contributed by atoms with van der Waals surface area (Å²) in [6.45, 7) is 1.99. The Balaban J connectivity index is 1.26. The molecule has 1 saturated carbocycles. The smallest absolute Gasteiger partial charge is 0.255 e. The van der Waals surface area contributed by atoms with E-state index in [1.54, 1.807) is 24.4 Å². The predicted octanol–water partition coefficient (Wildman–Crippen LogP) is 4.43. The first kappa shape index (κ1) is 24.0. The fourth-order valence-corrected chi connectivity index (χ4v) is 5.91. The van der Waals surface area contributed by atoms with Crippen molar-refractivity contribution in [2.75, 3.05) is 12.0 Å². The summed E-state index contributed by atoms with van der Waals surface area (Å²) in [7, 11) is 1.37. The van der Waals surface area contributed by atoms with Crippen molar-refractivity contribution in [3.63, 3.8) is 0 Å². The second-order valence-corrected chi connectivity index (χ2v) is 10.6. The van der Waals surface area contributed by atoms with Crippen molar-refractivity contribution in [3.05, 3.63) is 42.6 Å². The van der Waals surface area contributed by atoms with Crippen LogP contribution in [0.1, 0.15) is 45.4 Å². The largest absolute Gasteiger partial charge is 0.507 e. The van der Waals surface area contributed by atoms with Crippen LogP contribution in [0.3, 0.4) is 0 Å². The number of ether oxygens (including phenoxy) is 1. The number of anilines is 1. The van der Waals surface area contributed by atoms with Crippen LogP contribution < -0.4 is 15.0 Å². The van der Waals surface area contributed by atoms with Gasteiger partial charge >= 0.3 is 0 Å². The molecule has 0 spiro atoms. The number of nitrogens with zero attached hydrogens (tertiary/aromatic N) is 5. The number of fused-ring (bicyclic) bond motifs is 2. The van der Waals surface area contributed by atoms with Gasteiger partial charge in [-0.2, -0.15) is 4.39 Å². The van der Waals surface area contributed by atoms with Crippen molar-refractivity contribution in [3.8, 4) is 33.9 Å². The van der Waals surface area contributed by atoms with E-state index in [0.29, 0.717) is 34.4 Å². The van der Waals surface area contributed by atoms with Gasteiger partial charge in [0.1, 0.15) is 17.6 Å². The molecule has 2 aromatic heterocycles. The molecule has 3 aliphatic rings. The van der Waals surface area contributed by atoms with E-state index in [0.717, 1.165) is 38.5 Å². The van der Waals surface area contributed by atoms with Crippen molar-refractivity contribution in [1.29, 1.82) is 0 Å². The molecule has 1 aromatic carbocycles. The molecule has 0 unspecified atom stereocenters. The first-order valence-electron chi connectivity index (χ1n) is 12.8. The fraction of sp³-hybridized carbons (Fsp3) is 0.481. The predicted molar refractivity (Wildman–Crippen MR) is 135 cm³/mol. The molecule has 194 valence electrons. The first-order chi connectivity index (χ1) is 17.9. The molecule has 4 atom stereocenters. The second-order valence-electron chi connectivity index (χ2n) is 10.6. The number of piperidine rings is 2. The standard InChI is InChI=1S/C27H30F2N6O2/c1-27-9-3-4-17(32-27)12-21(24(27)28)35(18-6-7-18)26-31-14-20(33-34-26)19-8-5-15(10-22(19)36)16-11-23(37-2)25(29)30-13-16/h5,8,10-11,13-14,17-18,21,24,32,36H,3-4,6-7,9,12H2,1-2H3/t17-,21-,24-,27+/m0/s1. The van der Waals surface area contributed by atoms with Gasteiger partial charge in [0.2, 0.25) is 5.95 Å². The second kappa shape index (κ2) is 9.16. The summed E-state index contributed by atoms with van der Waals surface area (Å²) in [5, 5.41) is 23.0. The molecular weight excluding hydrogens is 478 g/mol. The van der Waals surface area contributed by atoms with Gasteiger partial charge in [0.05, 0.1) is 19.3 Å². The molecule has 8 nitrogen and oxygen atoms in total. The van der Waals surface area contributed by atoms with E-state index >= 15 is 4.39 Å². The highest BCUT2D eigenvalue weighted by atomic mass is 19.1. The van der Waals surface area contributed by atoms with E-state index in [1.807, 2.05) is 6.92 Å². The number of rotatable bonds is 6. The maximum absolute atomic E-state index is 15.8. The molecule has 2 bridgehead atoms. The Bertz CT molecular complexity index is 1300. The minimum absolute atomic E-state index is 0.0217. The highest BCUT2D eigenvalue weighted by Gasteiger charge is 2.52. The third-order valence-electron chi connectivity index (χ3n) is 7.97. The maximum atomic E-state index is 15.8. The zero-order valence-corrected chi connectivity index (χ0v) is 20.9. The SMILES string of the molecule is COc1cc(-c2ccc(-c3cnc(N(C4CC4)[C@H]4C[C@@H]5CCC[C@@](C)(N5)[C@H]4F)nn3)c(O)c2)cnc1F. The molecule has 4 heterocycles. The maximum Gasteiger partial charge on any atom is 0.255 e. The average molecular weight is 509 g/mol. The molecule has 6 rings (SSSR count). The number of halogens is 2. The number of alkyl halides is 1. The van der Waals surface area contributed by atoms with Crippen LogP contribution in [-0.2, 0) is 0 Å².